The molecule has 4 rings (SSSR count). The number of phenols is 1. The standard InChI is InChI=1S/C20H23NO/c22-18-10-8-14(9-11-18)12-16-5-3-6-17-13-15-4-1-2-7-19(15)21-20(16)17/h4,8-13,19-22H,1-3,5-7H2. The lowest BCUT2D eigenvalue weighted by Crippen LogP contribution is -2.46. The molecule has 0 saturated heterocycles. The molecule has 1 heterocycles. The van der Waals surface area contributed by atoms with Crippen molar-refractivity contribution in [3.05, 3.63) is 58.7 Å². The number of hydrogen-bond acceptors (Lipinski definition) is 2. The van der Waals surface area contributed by atoms with E-state index in [0.717, 1.165) is 0 Å². The molecule has 22 heavy (non-hydrogen) atoms. The number of fused-ring (bicyclic) bond motifs is 2. The van der Waals surface area contributed by atoms with Crippen molar-refractivity contribution in [1.82, 2.24) is 5.32 Å². The lowest BCUT2D eigenvalue weighted by Gasteiger charge is -2.39. The second-order valence-corrected chi connectivity index (χ2v) is 6.67. The van der Waals surface area contributed by atoms with E-state index in [4.69, 9.17) is 0 Å². The Labute approximate surface area is 132 Å². The summed E-state index contributed by atoms with van der Waals surface area (Å²) in [5, 5.41) is 13.3. The molecule has 1 fully saturated rings. The predicted molar refractivity (Wildman–Crippen MR) is 90.7 cm³/mol. The van der Waals surface area contributed by atoms with E-state index in [-0.39, 0.29) is 0 Å². The van der Waals surface area contributed by atoms with Gasteiger partial charge < -0.3 is 5.11 Å². The van der Waals surface area contributed by atoms with Crippen LogP contribution in [0.1, 0.15) is 44.1 Å². The van der Waals surface area contributed by atoms with Crippen LogP contribution in [0.2, 0.25) is 0 Å². The Morgan fingerprint density at radius 2 is 1.95 bits per heavy atom. The summed E-state index contributed by atoms with van der Waals surface area (Å²) >= 11 is 0. The van der Waals surface area contributed by atoms with Crippen molar-refractivity contribution in [2.75, 3.05) is 0 Å². The van der Waals surface area contributed by atoms with E-state index < -0.39 is 0 Å². The fourth-order valence-corrected chi connectivity index (χ4v) is 3.99. The van der Waals surface area contributed by atoms with E-state index in [1.807, 2.05) is 12.1 Å². The van der Waals surface area contributed by atoms with Crippen molar-refractivity contribution in [1.29, 1.82) is 0 Å². The smallest absolute Gasteiger partial charge is 0.115 e. The van der Waals surface area contributed by atoms with E-state index in [0.29, 0.717) is 17.8 Å². The number of phenolic OH excluding ortho intramolecular Hbond substituents is 1. The zero-order valence-electron chi connectivity index (χ0n) is 12.9. The average molecular weight is 293 g/mol. The van der Waals surface area contributed by atoms with Gasteiger partial charge in [-0.1, -0.05) is 30.4 Å². The van der Waals surface area contributed by atoms with Gasteiger partial charge in [-0.15, -0.1) is 0 Å². The number of aromatic hydroxyl groups is 1. The Bertz CT molecular complexity index is 651. The lowest BCUT2D eigenvalue weighted by molar-refractivity contribution is 0.440. The van der Waals surface area contributed by atoms with Gasteiger partial charge in [0.25, 0.3) is 0 Å². The van der Waals surface area contributed by atoms with Crippen LogP contribution in [0.4, 0.5) is 0 Å². The summed E-state index contributed by atoms with van der Waals surface area (Å²) in [6.07, 6.45) is 14.6. The van der Waals surface area contributed by atoms with Gasteiger partial charge in [0.1, 0.15) is 5.75 Å². The fraction of sp³-hybridized carbons (Fsp3) is 0.400. The van der Waals surface area contributed by atoms with Crippen LogP contribution in [0, 0.1) is 0 Å². The maximum Gasteiger partial charge on any atom is 0.115 e. The molecule has 2 heteroatoms. The van der Waals surface area contributed by atoms with Gasteiger partial charge in [-0.05, 0) is 72.9 Å². The number of rotatable bonds is 1. The third-order valence-electron chi connectivity index (χ3n) is 5.12. The normalized spacial score (nSPS) is 29.4. The summed E-state index contributed by atoms with van der Waals surface area (Å²) in [5.41, 5.74) is 5.75. The quantitative estimate of drug-likeness (QED) is 0.807. The van der Waals surface area contributed by atoms with E-state index in [2.05, 4.69) is 23.5 Å². The Morgan fingerprint density at radius 1 is 1.09 bits per heavy atom. The molecule has 2 unspecified atom stereocenters. The molecule has 2 N–H and O–H groups in total. The van der Waals surface area contributed by atoms with Gasteiger partial charge in [-0.2, -0.15) is 0 Å². The molecule has 1 aromatic carbocycles. The first-order valence-corrected chi connectivity index (χ1v) is 8.46. The molecule has 0 spiro atoms. The van der Waals surface area contributed by atoms with Crippen molar-refractivity contribution in [2.24, 2.45) is 0 Å². The predicted octanol–water partition coefficient (Wildman–Crippen LogP) is 4.34. The Balaban J connectivity index is 1.65. The molecule has 114 valence electrons. The summed E-state index contributed by atoms with van der Waals surface area (Å²) in [7, 11) is 0. The van der Waals surface area contributed by atoms with Gasteiger partial charge in [0.05, 0.1) is 6.04 Å². The van der Waals surface area contributed by atoms with Crippen LogP contribution < -0.4 is 5.32 Å². The van der Waals surface area contributed by atoms with Crippen LogP contribution in [0.5, 0.6) is 5.75 Å². The molecule has 1 saturated carbocycles. The monoisotopic (exact) mass is 293 g/mol. The third-order valence-corrected chi connectivity index (χ3v) is 5.12. The maximum atomic E-state index is 9.43. The molecule has 0 bridgehead atoms. The highest BCUT2D eigenvalue weighted by Gasteiger charge is 2.31. The third kappa shape index (κ3) is 2.64. The summed E-state index contributed by atoms with van der Waals surface area (Å²) in [5.74, 6) is 0.333. The van der Waals surface area contributed by atoms with Crippen LogP contribution >= 0.6 is 0 Å². The van der Waals surface area contributed by atoms with Crippen LogP contribution in [-0.4, -0.2) is 17.2 Å². The Morgan fingerprint density at radius 3 is 2.82 bits per heavy atom. The zero-order valence-corrected chi connectivity index (χ0v) is 12.9. The van der Waals surface area contributed by atoms with E-state index >= 15 is 0 Å². The average Bonchev–Trinajstić information content (AvgIpc) is 2.55. The molecule has 1 aliphatic heterocycles. The lowest BCUT2D eigenvalue weighted by atomic mass is 9.78. The summed E-state index contributed by atoms with van der Waals surface area (Å²) < 4.78 is 0. The molecule has 3 aliphatic rings. The van der Waals surface area contributed by atoms with Crippen molar-refractivity contribution in [2.45, 2.75) is 50.6 Å². The van der Waals surface area contributed by atoms with Crippen molar-refractivity contribution in [3.8, 4) is 5.75 Å². The molecule has 2 nitrogen and oxygen atoms in total. The molecular weight excluding hydrogens is 270 g/mol. The molecular formula is C20H23NO. The first-order chi connectivity index (χ1) is 10.8. The highest BCUT2D eigenvalue weighted by molar-refractivity contribution is 5.58. The van der Waals surface area contributed by atoms with Gasteiger partial charge in [-0.3, -0.25) is 5.32 Å². The minimum absolute atomic E-state index is 0.333. The molecule has 2 aliphatic carbocycles. The van der Waals surface area contributed by atoms with Crippen molar-refractivity contribution >= 4 is 6.08 Å². The van der Waals surface area contributed by atoms with Gasteiger partial charge in [0, 0.05) is 6.04 Å². The Hall–Kier alpha value is -1.80. The van der Waals surface area contributed by atoms with Gasteiger partial charge in [0.2, 0.25) is 0 Å². The van der Waals surface area contributed by atoms with Gasteiger partial charge in [-0.25, -0.2) is 0 Å². The van der Waals surface area contributed by atoms with Gasteiger partial charge in [0.15, 0.2) is 0 Å². The highest BCUT2D eigenvalue weighted by Crippen LogP contribution is 2.36. The molecule has 0 amide bonds. The van der Waals surface area contributed by atoms with Crippen molar-refractivity contribution < 1.29 is 5.11 Å². The minimum Gasteiger partial charge on any atom is -0.508 e. The van der Waals surface area contributed by atoms with E-state index in [9.17, 15) is 5.11 Å². The molecule has 2 atom stereocenters. The van der Waals surface area contributed by atoms with E-state index in [1.165, 1.54) is 55.2 Å². The second-order valence-electron chi connectivity index (χ2n) is 6.67. The number of hydrogen-bond donors (Lipinski definition) is 2. The first kappa shape index (κ1) is 13.8. The zero-order chi connectivity index (χ0) is 14.9. The highest BCUT2D eigenvalue weighted by atomic mass is 16.3. The minimum atomic E-state index is 0.333. The largest absolute Gasteiger partial charge is 0.508 e. The summed E-state index contributed by atoms with van der Waals surface area (Å²) in [6.45, 7) is 0. The maximum absolute atomic E-state index is 9.43. The van der Waals surface area contributed by atoms with Crippen molar-refractivity contribution in [3.63, 3.8) is 0 Å². The summed E-state index contributed by atoms with van der Waals surface area (Å²) in [4.78, 5) is 0. The van der Waals surface area contributed by atoms with Crippen LogP contribution in [-0.2, 0) is 0 Å². The summed E-state index contributed by atoms with van der Waals surface area (Å²) in [6, 6.07) is 8.49. The number of allylic oxidation sites excluding steroid dienone is 1. The van der Waals surface area contributed by atoms with E-state index in [1.54, 1.807) is 17.7 Å². The number of nitrogens with one attached hydrogen (secondary N) is 1. The second kappa shape index (κ2) is 5.77. The molecule has 0 aromatic heterocycles. The first-order valence-electron chi connectivity index (χ1n) is 8.46. The SMILES string of the molecule is Oc1ccc(C=C2CCCC3=CC4=CCCCC4NC32)cc1. The number of benzene rings is 1. The van der Waals surface area contributed by atoms with Crippen LogP contribution in [0.3, 0.4) is 0 Å². The van der Waals surface area contributed by atoms with Gasteiger partial charge >= 0.3 is 0 Å². The molecule has 1 aromatic rings. The fourth-order valence-electron chi connectivity index (χ4n) is 3.99. The van der Waals surface area contributed by atoms with Crippen LogP contribution in [0.15, 0.2) is 53.1 Å². The topological polar surface area (TPSA) is 32.3 Å². The molecule has 0 radical (unpaired) electrons. The Kier molecular flexibility index (Phi) is 3.63. The van der Waals surface area contributed by atoms with Crippen LogP contribution in [0.25, 0.3) is 6.08 Å².